The molecular formula is C51H46O9. The topological polar surface area (TPSA) is 168 Å². The van der Waals surface area contributed by atoms with Crippen molar-refractivity contribution in [1.82, 2.24) is 0 Å². The lowest BCUT2D eigenvalue weighted by Gasteiger charge is -2.21. The van der Waals surface area contributed by atoms with Crippen molar-refractivity contribution in [2.75, 3.05) is 7.11 Å². The molecule has 0 fully saturated rings. The molecule has 9 nitrogen and oxygen atoms in total. The van der Waals surface area contributed by atoms with Gasteiger partial charge < -0.3 is 40.5 Å². The van der Waals surface area contributed by atoms with Crippen molar-refractivity contribution in [2.45, 2.75) is 44.9 Å². The highest BCUT2D eigenvalue weighted by atomic mass is 16.5. The third-order valence-corrected chi connectivity index (χ3v) is 10.9. The predicted molar refractivity (Wildman–Crippen MR) is 230 cm³/mol. The molecule has 0 atom stereocenters. The highest BCUT2D eigenvalue weighted by molar-refractivity contribution is 6.03. The largest absolute Gasteiger partial charge is 0.508 e. The van der Waals surface area contributed by atoms with Gasteiger partial charge >= 0.3 is 0 Å². The van der Waals surface area contributed by atoms with E-state index in [1.165, 1.54) is 19.2 Å². The Labute approximate surface area is 348 Å². The fourth-order valence-electron chi connectivity index (χ4n) is 7.69. The number of carbonyl (C=O) groups excluding carboxylic acids is 1. The number of phenols is 7. The minimum absolute atomic E-state index is 0.0212. The number of carbonyl (C=O) groups is 1. The van der Waals surface area contributed by atoms with E-state index < -0.39 is 11.5 Å². The van der Waals surface area contributed by atoms with E-state index >= 15 is 0 Å². The fraction of sp³-hybridized carbons (Fsp3) is 0.157. The number of ketones is 1. The Bertz CT molecular complexity index is 2670. The van der Waals surface area contributed by atoms with Crippen LogP contribution in [0.15, 0.2) is 133 Å². The summed E-state index contributed by atoms with van der Waals surface area (Å²) in [6, 6.07) is 38.8. The first-order valence-corrected chi connectivity index (χ1v) is 19.7. The molecule has 7 aromatic carbocycles. The molecule has 0 aliphatic rings. The zero-order chi connectivity index (χ0) is 42.3. The second-order valence-corrected chi connectivity index (χ2v) is 15.0. The summed E-state index contributed by atoms with van der Waals surface area (Å²) in [6.07, 6.45) is 1.39. The molecule has 0 saturated carbocycles. The smallest absolute Gasteiger partial charge is 0.170 e. The Morgan fingerprint density at radius 2 is 0.850 bits per heavy atom. The summed E-state index contributed by atoms with van der Waals surface area (Å²) in [5, 5.41) is 77.3. The molecule has 0 heterocycles. The van der Waals surface area contributed by atoms with E-state index in [4.69, 9.17) is 4.74 Å². The average molecular weight is 803 g/mol. The van der Waals surface area contributed by atoms with Crippen molar-refractivity contribution >= 4 is 5.78 Å². The van der Waals surface area contributed by atoms with Gasteiger partial charge in [-0.2, -0.15) is 0 Å². The van der Waals surface area contributed by atoms with Gasteiger partial charge in [-0.15, -0.1) is 0 Å². The minimum atomic E-state index is -0.446. The third-order valence-electron chi connectivity index (χ3n) is 10.9. The molecule has 0 unspecified atom stereocenters. The van der Waals surface area contributed by atoms with Crippen molar-refractivity contribution in [3.05, 3.63) is 200 Å². The summed E-state index contributed by atoms with van der Waals surface area (Å²) in [7, 11) is 1.35. The molecule has 0 radical (unpaired) electrons. The molecule has 0 aliphatic heterocycles. The van der Waals surface area contributed by atoms with Gasteiger partial charge in [-0.05, 0) is 86.8 Å². The molecule has 60 heavy (non-hydrogen) atoms. The van der Waals surface area contributed by atoms with Crippen LogP contribution in [0.4, 0.5) is 0 Å². The maximum Gasteiger partial charge on any atom is 0.170 e. The molecule has 9 heteroatoms. The number of methoxy groups -OCH3 is 1. The summed E-state index contributed by atoms with van der Waals surface area (Å²) < 4.78 is 5.77. The van der Waals surface area contributed by atoms with Gasteiger partial charge in [0.05, 0.1) is 7.11 Å². The highest BCUT2D eigenvalue weighted by Crippen LogP contribution is 2.46. The third kappa shape index (κ3) is 9.16. The zero-order valence-corrected chi connectivity index (χ0v) is 33.1. The van der Waals surface area contributed by atoms with Crippen molar-refractivity contribution in [3.63, 3.8) is 0 Å². The number of Topliss-reactive ketones (excluding diaryl/α,β-unsaturated/α-hetero) is 1. The SMILES string of the molecule is COc1c(Cc2cc(Cc3cc(Cc4cc(Cc5ccccc5O)ccc4O)ccc3O)ccc2O)c(O)c(Cc2ccccc2O)c(O)c1C(=O)CCc1ccccc1. The maximum atomic E-state index is 14.0. The first-order valence-electron chi connectivity index (χ1n) is 19.7. The molecule has 0 aliphatic carbocycles. The number of phenolic OH excluding ortho intramolecular Hbond substituents is 7. The number of aromatic hydroxyl groups is 7. The monoisotopic (exact) mass is 802 g/mol. The lowest BCUT2D eigenvalue weighted by molar-refractivity contribution is 0.0976. The lowest BCUT2D eigenvalue weighted by Crippen LogP contribution is -2.10. The summed E-state index contributed by atoms with van der Waals surface area (Å²) in [4.78, 5) is 14.0. The number of rotatable bonds is 15. The van der Waals surface area contributed by atoms with Crippen LogP contribution in [0.3, 0.4) is 0 Å². The Hall–Kier alpha value is -7.39. The molecule has 7 aromatic rings. The van der Waals surface area contributed by atoms with E-state index in [0.29, 0.717) is 41.5 Å². The van der Waals surface area contributed by atoms with Crippen LogP contribution in [0.25, 0.3) is 0 Å². The van der Waals surface area contributed by atoms with Crippen LogP contribution >= 0.6 is 0 Å². The zero-order valence-electron chi connectivity index (χ0n) is 33.1. The van der Waals surface area contributed by atoms with Crippen LogP contribution in [0.1, 0.15) is 78.0 Å². The molecule has 0 spiro atoms. The number of benzene rings is 7. The number of para-hydroxylation sites is 2. The van der Waals surface area contributed by atoms with E-state index in [1.54, 1.807) is 60.7 Å². The Morgan fingerprint density at radius 3 is 1.35 bits per heavy atom. The molecular weight excluding hydrogens is 757 g/mol. The molecule has 0 bridgehead atoms. The first kappa shape index (κ1) is 40.8. The van der Waals surface area contributed by atoms with Gasteiger partial charge in [-0.25, -0.2) is 0 Å². The Kier molecular flexibility index (Phi) is 12.3. The van der Waals surface area contributed by atoms with E-state index in [2.05, 4.69) is 0 Å². The second-order valence-electron chi connectivity index (χ2n) is 15.0. The first-order chi connectivity index (χ1) is 29.0. The number of ether oxygens (including phenoxy) is 1. The van der Waals surface area contributed by atoms with Crippen LogP contribution in [-0.4, -0.2) is 48.6 Å². The van der Waals surface area contributed by atoms with E-state index in [0.717, 1.165) is 27.8 Å². The second kappa shape index (κ2) is 18.0. The van der Waals surface area contributed by atoms with Gasteiger partial charge in [-0.1, -0.05) is 103 Å². The number of hydrogen-bond donors (Lipinski definition) is 7. The average Bonchev–Trinajstić information content (AvgIpc) is 3.24. The Morgan fingerprint density at radius 1 is 0.433 bits per heavy atom. The molecule has 7 N–H and O–H groups in total. The van der Waals surface area contributed by atoms with Crippen molar-refractivity contribution in [2.24, 2.45) is 0 Å². The number of hydrogen-bond acceptors (Lipinski definition) is 9. The van der Waals surface area contributed by atoms with E-state index in [1.807, 2.05) is 60.7 Å². The van der Waals surface area contributed by atoms with Gasteiger partial charge in [0.1, 0.15) is 51.6 Å². The maximum absolute atomic E-state index is 14.0. The van der Waals surface area contributed by atoms with E-state index in [9.17, 15) is 40.5 Å². The lowest BCUT2D eigenvalue weighted by atomic mass is 9.89. The van der Waals surface area contributed by atoms with Gasteiger partial charge in [0.25, 0.3) is 0 Å². The summed E-state index contributed by atoms with van der Waals surface area (Å²) >= 11 is 0. The van der Waals surface area contributed by atoms with Gasteiger partial charge in [-0.3, -0.25) is 4.79 Å². The van der Waals surface area contributed by atoms with Gasteiger partial charge in [0, 0.05) is 49.7 Å². The molecule has 304 valence electrons. The summed E-state index contributed by atoms with van der Waals surface area (Å²) in [6.45, 7) is 0. The van der Waals surface area contributed by atoms with Crippen LogP contribution in [0, 0.1) is 0 Å². The standard InChI is InChI=1S/C51H46O9/c1-60-51-41(49(58)40(29-36-12-6-8-14-43(36)53)50(59)48(51)47(57)22-15-31-9-3-2-4-10-31)30-39-28-34(18-21-46(39)56)27-38-26-33(17-20-45(38)55)25-37-24-32(16-19-44(37)54)23-35-11-5-7-13-42(35)52/h2-14,16-21,24,26,28,52-56,58-59H,15,22-23,25,27,29-30H2,1H3. The predicted octanol–water partition coefficient (Wildman–Crippen LogP) is 9.40. The molecule has 0 aromatic heterocycles. The van der Waals surface area contributed by atoms with E-state index in [-0.39, 0.29) is 82.6 Å². The quantitative estimate of drug-likeness (QED) is 0.0500. The van der Waals surface area contributed by atoms with Gasteiger partial charge in [0.2, 0.25) is 0 Å². The van der Waals surface area contributed by atoms with Crippen LogP contribution in [0.5, 0.6) is 46.0 Å². The summed E-state index contributed by atoms with van der Waals surface area (Å²) in [5.74, 6) is -0.933. The van der Waals surface area contributed by atoms with Crippen molar-refractivity contribution < 1.29 is 45.3 Å². The minimum Gasteiger partial charge on any atom is -0.508 e. The van der Waals surface area contributed by atoms with Crippen LogP contribution < -0.4 is 4.74 Å². The number of aryl methyl sites for hydroxylation is 1. The molecule has 7 rings (SSSR count). The Balaban J connectivity index is 1.19. The van der Waals surface area contributed by atoms with Crippen molar-refractivity contribution in [3.8, 4) is 46.0 Å². The summed E-state index contributed by atoms with van der Waals surface area (Å²) in [5.41, 5.74) is 6.42. The highest BCUT2D eigenvalue weighted by Gasteiger charge is 2.29. The molecule has 0 saturated heterocycles. The van der Waals surface area contributed by atoms with Crippen molar-refractivity contribution in [1.29, 1.82) is 0 Å². The van der Waals surface area contributed by atoms with Gasteiger partial charge in [0.15, 0.2) is 5.78 Å². The fourth-order valence-corrected chi connectivity index (χ4v) is 7.69. The molecule has 0 amide bonds. The normalized spacial score (nSPS) is 11.1. The van der Waals surface area contributed by atoms with Crippen LogP contribution in [-0.2, 0) is 38.5 Å². The van der Waals surface area contributed by atoms with Crippen LogP contribution in [0.2, 0.25) is 0 Å².